The fraction of sp³-hybridized carbons (Fsp3) is 0.714. The van der Waals surface area contributed by atoms with Gasteiger partial charge in [0.15, 0.2) is 6.10 Å². The van der Waals surface area contributed by atoms with Crippen molar-refractivity contribution in [3.05, 3.63) is 0 Å². The molecule has 1 amide bonds. The Morgan fingerprint density at radius 3 is 2.92 bits per heavy atom. The first-order chi connectivity index (χ1) is 5.61. The van der Waals surface area contributed by atoms with Crippen molar-refractivity contribution in [3.8, 4) is 0 Å². The third-order valence-corrected chi connectivity index (χ3v) is 1.63. The van der Waals surface area contributed by atoms with Crippen LogP contribution in [0, 0.1) is 0 Å². The van der Waals surface area contributed by atoms with Crippen LogP contribution in [0.15, 0.2) is 0 Å². The second-order valence-electron chi connectivity index (χ2n) is 2.79. The van der Waals surface area contributed by atoms with Gasteiger partial charge in [0.25, 0.3) is 5.91 Å². The first-order valence-electron chi connectivity index (χ1n) is 3.85. The summed E-state index contributed by atoms with van der Waals surface area (Å²) in [6.07, 6.45) is -0.0967. The zero-order valence-corrected chi connectivity index (χ0v) is 6.87. The van der Waals surface area contributed by atoms with Crippen LogP contribution in [-0.4, -0.2) is 30.6 Å². The summed E-state index contributed by atoms with van der Waals surface area (Å²) in [7, 11) is 0. The zero-order valence-electron chi connectivity index (χ0n) is 6.87. The average molecular weight is 172 g/mol. The van der Waals surface area contributed by atoms with E-state index in [1.165, 1.54) is 6.92 Å². The number of hydrogen-bond acceptors (Lipinski definition) is 4. The van der Waals surface area contributed by atoms with Crippen molar-refractivity contribution in [2.75, 3.05) is 6.54 Å². The Kier molecular flexibility index (Phi) is 2.65. The number of carbonyl (C=O) groups is 2. The molecule has 0 aromatic carbocycles. The average Bonchev–Trinajstić information content (AvgIpc) is 2.36. The quantitative estimate of drug-likeness (QED) is 0.511. The van der Waals surface area contributed by atoms with Crippen LogP contribution in [0.1, 0.15) is 13.3 Å². The minimum Gasteiger partial charge on any atom is -0.451 e. The maximum absolute atomic E-state index is 10.9. The lowest BCUT2D eigenvalue weighted by Gasteiger charge is -2.10. The van der Waals surface area contributed by atoms with Crippen LogP contribution in [0.3, 0.4) is 0 Å². The molecule has 1 heterocycles. The van der Waals surface area contributed by atoms with Crippen LogP contribution in [0.4, 0.5) is 0 Å². The molecule has 1 aliphatic rings. The van der Waals surface area contributed by atoms with Crippen molar-refractivity contribution >= 4 is 11.9 Å². The Hall–Kier alpha value is -1.10. The topological polar surface area (TPSA) is 81.4 Å². The Balaban J connectivity index is 2.40. The van der Waals surface area contributed by atoms with Crippen LogP contribution in [0.5, 0.6) is 0 Å². The summed E-state index contributed by atoms with van der Waals surface area (Å²) in [6.45, 7) is 2.09. The molecule has 1 aliphatic heterocycles. The highest BCUT2D eigenvalue weighted by molar-refractivity contribution is 5.86. The monoisotopic (exact) mass is 172 g/mol. The van der Waals surface area contributed by atoms with Gasteiger partial charge in [0.1, 0.15) is 6.04 Å². The van der Waals surface area contributed by atoms with Crippen LogP contribution >= 0.6 is 0 Å². The van der Waals surface area contributed by atoms with Gasteiger partial charge < -0.3 is 15.8 Å². The second-order valence-corrected chi connectivity index (χ2v) is 2.79. The molecule has 1 rings (SSSR count). The van der Waals surface area contributed by atoms with E-state index in [9.17, 15) is 9.59 Å². The molecule has 5 nitrogen and oxygen atoms in total. The van der Waals surface area contributed by atoms with Crippen molar-refractivity contribution < 1.29 is 14.3 Å². The molecule has 3 N–H and O–H groups in total. The summed E-state index contributed by atoms with van der Waals surface area (Å²) in [5.74, 6) is -0.763. The van der Waals surface area contributed by atoms with Gasteiger partial charge in [-0.15, -0.1) is 0 Å². The standard InChI is InChI=1S/C7H12N2O3/c1-4(8)7(11)12-5-2-3-9-6(5)10/h4-5H,2-3,8H2,1H3,(H,9,10). The van der Waals surface area contributed by atoms with E-state index in [1.54, 1.807) is 0 Å². The maximum Gasteiger partial charge on any atom is 0.323 e. The lowest BCUT2D eigenvalue weighted by atomic mass is 10.3. The number of carbonyl (C=O) groups excluding carboxylic acids is 2. The molecule has 0 spiro atoms. The number of nitrogens with one attached hydrogen (secondary N) is 1. The molecule has 2 unspecified atom stereocenters. The van der Waals surface area contributed by atoms with Crippen LogP contribution < -0.4 is 11.1 Å². The molecular formula is C7H12N2O3. The Morgan fingerprint density at radius 2 is 2.50 bits per heavy atom. The fourth-order valence-corrected chi connectivity index (χ4v) is 0.931. The van der Waals surface area contributed by atoms with Crippen LogP contribution in [-0.2, 0) is 14.3 Å². The number of esters is 1. The predicted molar refractivity (Wildman–Crippen MR) is 41.2 cm³/mol. The van der Waals surface area contributed by atoms with E-state index in [1.807, 2.05) is 0 Å². The lowest BCUT2D eigenvalue weighted by Crippen LogP contribution is -2.35. The molecule has 0 saturated carbocycles. The predicted octanol–water partition coefficient (Wildman–Crippen LogP) is -1.23. The molecule has 5 heteroatoms. The van der Waals surface area contributed by atoms with Gasteiger partial charge in [0.05, 0.1) is 0 Å². The third kappa shape index (κ3) is 1.94. The molecule has 0 aromatic rings. The molecule has 12 heavy (non-hydrogen) atoms. The fourth-order valence-electron chi connectivity index (χ4n) is 0.931. The molecule has 0 radical (unpaired) electrons. The Morgan fingerprint density at radius 1 is 1.83 bits per heavy atom. The molecular weight excluding hydrogens is 160 g/mol. The number of ether oxygens (including phenoxy) is 1. The van der Waals surface area contributed by atoms with Gasteiger partial charge >= 0.3 is 5.97 Å². The van der Waals surface area contributed by atoms with Crippen molar-refractivity contribution in [1.29, 1.82) is 0 Å². The summed E-state index contributed by atoms with van der Waals surface area (Å²) >= 11 is 0. The van der Waals surface area contributed by atoms with Gasteiger partial charge in [-0.3, -0.25) is 9.59 Å². The number of amides is 1. The third-order valence-electron chi connectivity index (χ3n) is 1.63. The summed E-state index contributed by atoms with van der Waals surface area (Å²) in [5.41, 5.74) is 5.25. The van der Waals surface area contributed by atoms with E-state index in [4.69, 9.17) is 10.5 Å². The van der Waals surface area contributed by atoms with E-state index in [-0.39, 0.29) is 5.91 Å². The van der Waals surface area contributed by atoms with Crippen molar-refractivity contribution in [1.82, 2.24) is 5.32 Å². The van der Waals surface area contributed by atoms with Crippen LogP contribution in [0.2, 0.25) is 0 Å². The molecule has 1 saturated heterocycles. The maximum atomic E-state index is 10.9. The summed E-state index contributed by atoms with van der Waals surface area (Å²) in [4.78, 5) is 21.8. The van der Waals surface area contributed by atoms with Gasteiger partial charge in [-0.1, -0.05) is 0 Å². The minimum atomic E-state index is -0.668. The van der Waals surface area contributed by atoms with E-state index in [2.05, 4.69) is 5.32 Å². The smallest absolute Gasteiger partial charge is 0.323 e. The molecule has 68 valence electrons. The second kappa shape index (κ2) is 3.53. The van der Waals surface area contributed by atoms with E-state index in [0.29, 0.717) is 13.0 Å². The molecule has 1 fully saturated rings. The van der Waals surface area contributed by atoms with E-state index in [0.717, 1.165) is 0 Å². The summed E-state index contributed by atoms with van der Waals surface area (Å²) in [5, 5.41) is 2.56. The molecule has 2 atom stereocenters. The van der Waals surface area contributed by atoms with Gasteiger partial charge in [-0.25, -0.2) is 0 Å². The zero-order chi connectivity index (χ0) is 9.14. The van der Waals surface area contributed by atoms with Crippen LogP contribution in [0.25, 0.3) is 0 Å². The number of nitrogens with two attached hydrogens (primary N) is 1. The highest BCUT2D eigenvalue weighted by Crippen LogP contribution is 2.05. The molecule has 0 aromatic heterocycles. The van der Waals surface area contributed by atoms with Gasteiger partial charge in [-0.2, -0.15) is 0 Å². The number of hydrogen-bond donors (Lipinski definition) is 2. The Labute approximate surface area is 70.2 Å². The van der Waals surface area contributed by atoms with Gasteiger partial charge in [-0.05, 0) is 6.92 Å². The highest BCUT2D eigenvalue weighted by Gasteiger charge is 2.28. The summed E-state index contributed by atoms with van der Waals surface area (Å²) in [6, 6.07) is -0.668. The Bertz CT molecular complexity index is 203. The van der Waals surface area contributed by atoms with Gasteiger partial charge in [0, 0.05) is 13.0 Å². The van der Waals surface area contributed by atoms with Crippen molar-refractivity contribution in [2.45, 2.75) is 25.5 Å². The SMILES string of the molecule is CC(N)C(=O)OC1CCNC1=O. The van der Waals surface area contributed by atoms with Crippen molar-refractivity contribution in [3.63, 3.8) is 0 Å². The first kappa shape index (κ1) is 8.99. The summed E-state index contributed by atoms with van der Waals surface area (Å²) < 4.78 is 4.81. The van der Waals surface area contributed by atoms with Crippen molar-refractivity contribution in [2.24, 2.45) is 5.73 Å². The lowest BCUT2D eigenvalue weighted by molar-refractivity contribution is -0.154. The largest absolute Gasteiger partial charge is 0.451 e. The molecule has 0 aliphatic carbocycles. The normalized spacial score (nSPS) is 24.8. The van der Waals surface area contributed by atoms with E-state index < -0.39 is 18.1 Å². The van der Waals surface area contributed by atoms with Gasteiger partial charge in [0.2, 0.25) is 0 Å². The molecule has 0 bridgehead atoms. The number of rotatable bonds is 2. The highest BCUT2D eigenvalue weighted by atomic mass is 16.5. The minimum absolute atomic E-state index is 0.232. The first-order valence-corrected chi connectivity index (χ1v) is 3.85. The van der Waals surface area contributed by atoms with E-state index >= 15 is 0 Å².